The predicted molar refractivity (Wildman–Crippen MR) is 89.2 cm³/mol. The largest absolute Gasteiger partial charge is 0.359 e. The Balaban J connectivity index is 3.03. The van der Waals surface area contributed by atoms with Crippen LogP contribution in [-0.4, -0.2) is 33.2 Å². The molecule has 1 amide bonds. The first-order valence-corrected chi connectivity index (χ1v) is 9.13. The fourth-order valence-corrected chi connectivity index (χ4v) is 3.64. The molecular weight excluding hydrogens is 340 g/mol. The van der Waals surface area contributed by atoms with E-state index in [1.54, 1.807) is 6.92 Å². The number of Topliss-reactive ketones (excluding diaryl/α,β-unsaturated/α-hetero) is 1. The van der Waals surface area contributed by atoms with E-state index >= 15 is 0 Å². The second kappa shape index (κ2) is 8.42. The molecule has 0 saturated heterocycles. The molecular formula is C15H21ClN2O4S. The van der Waals surface area contributed by atoms with E-state index in [2.05, 4.69) is 10.0 Å². The third kappa shape index (κ3) is 5.60. The highest BCUT2D eigenvalue weighted by molar-refractivity contribution is 7.89. The third-order valence-electron chi connectivity index (χ3n) is 3.37. The van der Waals surface area contributed by atoms with Crippen LogP contribution in [-0.2, 0) is 14.8 Å². The van der Waals surface area contributed by atoms with Crippen LogP contribution in [0.1, 0.15) is 43.5 Å². The average Bonchev–Trinajstić information content (AvgIpc) is 2.51. The Kier molecular flexibility index (Phi) is 7.18. The molecule has 128 valence electrons. The van der Waals surface area contributed by atoms with E-state index in [4.69, 9.17) is 11.6 Å². The normalized spacial score (nSPS) is 12.7. The number of ketones is 1. The van der Waals surface area contributed by atoms with Gasteiger partial charge >= 0.3 is 0 Å². The molecule has 2 N–H and O–H groups in total. The van der Waals surface area contributed by atoms with E-state index in [9.17, 15) is 18.0 Å². The predicted octanol–water partition coefficient (Wildman–Crippen LogP) is 2.13. The highest BCUT2D eigenvalue weighted by Crippen LogP contribution is 2.24. The van der Waals surface area contributed by atoms with Gasteiger partial charge in [0.15, 0.2) is 5.78 Å². The average molecular weight is 361 g/mol. The molecule has 0 aliphatic heterocycles. The van der Waals surface area contributed by atoms with Crippen molar-refractivity contribution in [2.24, 2.45) is 0 Å². The molecule has 8 heteroatoms. The lowest BCUT2D eigenvalue weighted by Crippen LogP contribution is -2.32. The number of carbonyl (C=O) groups is 2. The quantitative estimate of drug-likeness (QED) is 0.694. The van der Waals surface area contributed by atoms with E-state index in [0.717, 1.165) is 0 Å². The highest BCUT2D eigenvalue weighted by atomic mass is 35.5. The summed E-state index contributed by atoms with van der Waals surface area (Å²) in [5.41, 5.74) is 0.211. The Labute approximate surface area is 141 Å². The van der Waals surface area contributed by atoms with Crippen LogP contribution in [0.2, 0.25) is 5.02 Å². The zero-order valence-electron chi connectivity index (χ0n) is 13.3. The van der Waals surface area contributed by atoms with Gasteiger partial charge in [0.25, 0.3) is 0 Å². The van der Waals surface area contributed by atoms with E-state index in [0.29, 0.717) is 6.42 Å². The molecule has 0 radical (unpaired) electrons. The minimum Gasteiger partial charge on any atom is -0.359 e. The zero-order chi connectivity index (χ0) is 17.6. The maximum atomic E-state index is 12.3. The molecule has 0 aromatic heterocycles. The van der Waals surface area contributed by atoms with Crippen molar-refractivity contribution in [3.05, 3.63) is 28.8 Å². The fourth-order valence-electron chi connectivity index (χ4n) is 1.79. The first-order chi connectivity index (χ1) is 10.7. The number of hydrogen-bond donors (Lipinski definition) is 2. The van der Waals surface area contributed by atoms with E-state index in [1.807, 2.05) is 6.92 Å². The Hall–Kier alpha value is -1.44. The van der Waals surface area contributed by atoms with Gasteiger partial charge in [-0.15, -0.1) is 0 Å². The first kappa shape index (κ1) is 19.6. The Morgan fingerprint density at radius 3 is 2.48 bits per heavy atom. The molecule has 1 atom stereocenters. The molecule has 23 heavy (non-hydrogen) atoms. The standard InChI is InChI=1S/C15H21ClN2O4S/c1-4-10(2)18-23(21,22)14-9-11(5-6-12(14)16)13(19)7-8-15(20)17-3/h5-6,9-10,18H,4,7-8H2,1-3H3,(H,17,20). The maximum absolute atomic E-state index is 12.3. The number of rotatable bonds is 8. The van der Waals surface area contributed by atoms with E-state index in [1.165, 1.54) is 25.2 Å². The van der Waals surface area contributed by atoms with Crippen LogP contribution in [0, 0.1) is 0 Å². The Morgan fingerprint density at radius 2 is 1.91 bits per heavy atom. The second-order valence-corrected chi connectivity index (χ2v) is 7.26. The Morgan fingerprint density at radius 1 is 1.26 bits per heavy atom. The lowest BCUT2D eigenvalue weighted by atomic mass is 10.1. The van der Waals surface area contributed by atoms with Gasteiger partial charge < -0.3 is 5.32 Å². The summed E-state index contributed by atoms with van der Waals surface area (Å²) >= 11 is 5.97. The molecule has 6 nitrogen and oxygen atoms in total. The van der Waals surface area contributed by atoms with Gasteiger partial charge in [0.05, 0.1) is 5.02 Å². The molecule has 1 rings (SSSR count). The third-order valence-corrected chi connectivity index (χ3v) is 5.44. The van der Waals surface area contributed by atoms with Gasteiger partial charge in [-0.3, -0.25) is 9.59 Å². The van der Waals surface area contributed by atoms with Crippen LogP contribution in [0.5, 0.6) is 0 Å². The molecule has 1 aromatic rings. The van der Waals surface area contributed by atoms with Crippen LogP contribution in [0.15, 0.2) is 23.1 Å². The van der Waals surface area contributed by atoms with Gasteiger partial charge in [-0.25, -0.2) is 13.1 Å². The zero-order valence-corrected chi connectivity index (χ0v) is 14.9. The van der Waals surface area contributed by atoms with Gasteiger partial charge in [0, 0.05) is 31.5 Å². The van der Waals surface area contributed by atoms with Crippen LogP contribution in [0.25, 0.3) is 0 Å². The molecule has 0 saturated carbocycles. The van der Waals surface area contributed by atoms with Crippen molar-refractivity contribution >= 4 is 33.3 Å². The number of halogens is 1. The number of nitrogens with one attached hydrogen (secondary N) is 2. The summed E-state index contributed by atoms with van der Waals surface area (Å²) in [5.74, 6) is -0.566. The fraction of sp³-hybridized carbons (Fsp3) is 0.467. The monoisotopic (exact) mass is 360 g/mol. The summed E-state index contributed by atoms with van der Waals surface area (Å²) in [6, 6.07) is 3.83. The minimum atomic E-state index is -3.81. The maximum Gasteiger partial charge on any atom is 0.242 e. The van der Waals surface area contributed by atoms with Crippen LogP contribution >= 0.6 is 11.6 Å². The van der Waals surface area contributed by atoms with Crippen molar-refractivity contribution in [2.75, 3.05) is 7.05 Å². The van der Waals surface area contributed by atoms with Crippen LogP contribution < -0.4 is 10.0 Å². The van der Waals surface area contributed by atoms with Gasteiger partial charge in [-0.05, 0) is 31.5 Å². The molecule has 0 bridgehead atoms. The van der Waals surface area contributed by atoms with Crippen molar-refractivity contribution in [1.82, 2.24) is 10.0 Å². The SMILES string of the molecule is CCC(C)NS(=O)(=O)c1cc(C(=O)CCC(=O)NC)ccc1Cl. The number of amides is 1. The lowest BCUT2D eigenvalue weighted by molar-refractivity contribution is -0.120. The van der Waals surface area contributed by atoms with Crippen LogP contribution in [0.3, 0.4) is 0 Å². The molecule has 0 spiro atoms. The van der Waals surface area contributed by atoms with Gasteiger partial charge in [0.1, 0.15) is 4.90 Å². The van der Waals surface area contributed by atoms with E-state index in [-0.39, 0.29) is 46.1 Å². The smallest absolute Gasteiger partial charge is 0.242 e. The summed E-state index contributed by atoms with van der Waals surface area (Å²) in [6.07, 6.45) is 0.673. The van der Waals surface area contributed by atoms with Crippen molar-refractivity contribution in [2.45, 2.75) is 44.0 Å². The molecule has 0 fully saturated rings. The molecule has 0 aliphatic rings. The van der Waals surface area contributed by atoms with Crippen molar-refractivity contribution in [3.8, 4) is 0 Å². The summed E-state index contributed by atoms with van der Waals surface area (Å²) in [5, 5.41) is 2.47. The number of sulfonamides is 1. The molecule has 0 aliphatic carbocycles. The number of benzene rings is 1. The highest BCUT2D eigenvalue weighted by Gasteiger charge is 2.21. The minimum absolute atomic E-state index is 0.000412. The number of carbonyl (C=O) groups excluding carboxylic acids is 2. The van der Waals surface area contributed by atoms with Gasteiger partial charge in [0.2, 0.25) is 15.9 Å². The van der Waals surface area contributed by atoms with Gasteiger partial charge in [-0.2, -0.15) is 0 Å². The van der Waals surface area contributed by atoms with Crippen molar-refractivity contribution in [1.29, 1.82) is 0 Å². The first-order valence-electron chi connectivity index (χ1n) is 7.27. The molecule has 1 unspecified atom stereocenters. The van der Waals surface area contributed by atoms with Crippen molar-refractivity contribution in [3.63, 3.8) is 0 Å². The summed E-state index contributed by atoms with van der Waals surface area (Å²) in [7, 11) is -2.32. The lowest BCUT2D eigenvalue weighted by Gasteiger charge is -2.14. The van der Waals surface area contributed by atoms with E-state index < -0.39 is 10.0 Å². The summed E-state index contributed by atoms with van der Waals surface area (Å²) in [6.45, 7) is 3.59. The van der Waals surface area contributed by atoms with Crippen molar-refractivity contribution < 1.29 is 18.0 Å². The Bertz CT molecular complexity index is 689. The topological polar surface area (TPSA) is 92.3 Å². The summed E-state index contributed by atoms with van der Waals surface area (Å²) in [4.78, 5) is 23.2. The van der Waals surface area contributed by atoms with Crippen LogP contribution in [0.4, 0.5) is 0 Å². The summed E-state index contributed by atoms with van der Waals surface area (Å²) < 4.78 is 27.2. The molecule has 1 aromatic carbocycles. The number of hydrogen-bond acceptors (Lipinski definition) is 4. The molecule has 0 heterocycles. The second-order valence-electron chi connectivity index (χ2n) is 5.17. The van der Waals surface area contributed by atoms with Gasteiger partial charge in [-0.1, -0.05) is 18.5 Å².